The molecule has 20 heavy (non-hydrogen) atoms. The second-order valence-corrected chi connectivity index (χ2v) is 4.84. The highest BCUT2D eigenvalue weighted by Gasteiger charge is 2.20. The fourth-order valence-electron chi connectivity index (χ4n) is 2.20. The molecule has 2 aromatic rings. The van der Waals surface area contributed by atoms with Gasteiger partial charge < -0.3 is 15.5 Å². The van der Waals surface area contributed by atoms with Crippen LogP contribution in [0.3, 0.4) is 0 Å². The molecule has 0 aliphatic heterocycles. The second kappa shape index (κ2) is 5.81. The molecule has 1 atom stereocenters. The number of nitrogens with zero attached hydrogens (tertiary/aromatic N) is 2. The van der Waals surface area contributed by atoms with Crippen molar-refractivity contribution in [2.75, 3.05) is 5.73 Å². The smallest absolute Gasteiger partial charge is 0.271 e. The van der Waals surface area contributed by atoms with E-state index >= 15 is 0 Å². The minimum Gasteiger partial charge on any atom is -0.469 e. The van der Waals surface area contributed by atoms with E-state index in [1.54, 1.807) is 13.3 Å². The van der Waals surface area contributed by atoms with Crippen LogP contribution >= 0.6 is 0 Å². The molecule has 0 fully saturated rings. The van der Waals surface area contributed by atoms with Gasteiger partial charge in [-0.1, -0.05) is 6.92 Å². The van der Waals surface area contributed by atoms with Crippen LogP contribution in [0.4, 0.5) is 5.69 Å². The summed E-state index contributed by atoms with van der Waals surface area (Å²) < 4.78 is 6.80. The van der Waals surface area contributed by atoms with Gasteiger partial charge in [0, 0.05) is 19.5 Å². The number of rotatable bonds is 5. The van der Waals surface area contributed by atoms with Crippen LogP contribution in [0.1, 0.15) is 35.8 Å². The Morgan fingerprint density at radius 3 is 2.90 bits per heavy atom. The van der Waals surface area contributed by atoms with Gasteiger partial charge in [0.1, 0.15) is 11.5 Å². The van der Waals surface area contributed by atoms with E-state index in [4.69, 9.17) is 10.2 Å². The summed E-state index contributed by atoms with van der Waals surface area (Å²) >= 11 is 0. The van der Waals surface area contributed by atoms with Crippen LogP contribution in [-0.2, 0) is 19.9 Å². The molecule has 108 valence electrons. The first-order valence-electron chi connectivity index (χ1n) is 6.67. The first kappa shape index (κ1) is 14.2. The van der Waals surface area contributed by atoms with Gasteiger partial charge in [-0.05, 0) is 25.5 Å². The molecule has 2 rings (SSSR count). The monoisotopic (exact) mass is 276 g/mol. The zero-order chi connectivity index (χ0) is 14.7. The predicted molar refractivity (Wildman–Crippen MR) is 76.3 cm³/mol. The average Bonchev–Trinajstić information content (AvgIpc) is 2.97. The summed E-state index contributed by atoms with van der Waals surface area (Å²) in [6.45, 7) is 3.88. The first-order valence-corrected chi connectivity index (χ1v) is 6.67. The number of carbonyl (C=O) groups is 1. The quantitative estimate of drug-likeness (QED) is 0.867. The summed E-state index contributed by atoms with van der Waals surface area (Å²) in [6.07, 6.45) is 2.96. The maximum atomic E-state index is 12.3. The Labute approximate surface area is 117 Å². The van der Waals surface area contributed by atoms with Crippen molar-refractivity contribution >= 4 is 11.6 Å². The number of furan rings is 1. The van der Waals surface area contributed by atoms with E-state index in [0.717, 1.165) is 11.5 Å². The Morgan fingerprint density at radius 1 is 1.60 bits per heavy atom. The number of nitrogens with one attached hydrogen (secondary N) is 1. The molecular weight excluding hydrogens is 256 g/mol. The summed E-state index contributed by atoms with van der Waals surface area (Å²) in [4.78, 5) is 12.3. The molecule has 0 saturated carbocycles. The van der Waals surface area contributed by atoms with Crippen LogP contribution in [0, 0.1) is 0 Å². The van der Waals surface area contributed by atoms with Crippen LogP contribution in [-0.4, -0.2) is 21.7 Å². The first-order chi connectivity index (χ1) is 9.52. The zero-order valence-electron chi connectivity index (χ0n) is 12.0. The lowest BCUT2D eigenvalue weighted by Gasteiger charge is -2.13. The third-order valence-corrected chi connectivity index (χ3v) is 3.18. The van der Waals surface area contributed by atoms with E-state index in [9.17, 15) is 4.79 Å². The Bertz CT molecular complexity index is 587. The van der Waals surface area contributed by atoms with Gasteiger partial charge in [-0.3, -0.25) is 9.48 Å². The lowest BCUT2D eigenvalue weighted by molar-refractivity contribution is 0.0930. The highest BCUT2D eigenvalue weighted by molar-refractivity contribution is 5.98. The topological polar surface area (TPSA) is 86.1 Å². The highest BCUT2D eigenvalue weighted by Crippen LogP contribution is 2.17. The van der Waals surface area contributed by atoms with E-state index in [-0.39, 0.29) is 11.9 Å². The number of aryl methyl sites for hydroxylation is 2. The van der Waals surface area contributed by atoms with Crippen molar-refractivity contribution in [1.29, 1.82) is 0 Å². The molecule has 1 unspecified atom stereocenters. The maximum absolute atomic E-state index is 12.3. The molecule has 6 nitrogen and oxygen atoms in total. The SMILES string of the molecule is CCc1nn(C)c(C(=O)NC(C)Cc2ccco2)c1N. The number of hydrogen-bond donors (Lipinski definition) is 2. The molecule has 6 heteroatoms. The number of hydrogen-bond acceptors (Lipinski definition) is 4. The van der Waals surface area contributed by atoms with Gasteiger partial charge in [-0.25, -0.2) is 0 Å². The van der Waals surface area contributed by atoms with Crippen LogP contribution in [0.2, 0.25) is 0 Å². The van der Waals surface area contributed by atoms with Crippen molar-refractivity contribution in [3.63, 3.8) is 0 Å². The van der Waals surface area contributed by atoms with Crippen molar-refractivity contribution in [1.82, 2.24) is 15.1 Å². The van der Waals surface area contributed by atoms with E-state index in [1.807, 2.05) is 26.0 Å². The molecule has 0 aliphatic carbocycles. The molecule has 0 spiro atoms. The Hall–Kier alpha value is -2.24. The van der Waals surface area contributed by atoms with Crippen molar-refractivity contribution in [3.8, 4) is 0 Å². The van der Waals surface area contributed by atoms with Crippen LogP contribution in [0.5, 0.6) is 0 Å². The summed E-state index contributed by atoms with van der Waals surface area (Å²) in [5, 5.41) is 7.16. The number of anilines is 1. The van der Waals surface area contributed by atoms with Crippen molar-refractivity contribution in [2.24, 2.45) is 7.05 Å². The summed E-state index contributed by atoms with van der Waals surface area (Å²) in [5.41, 5.74) is 7.58. The second-order valence-electron chi connectivity index (χ2n) is 4.84. The minimum absolute atomic E-state index is 0.0481. The van der Waals surface area contributed by atoms with Gasteiger partial charge in [-0.15, -0.1) is 0 Å². The Kier molecular flexibility index (Phi) is 4.12. The third kappa shape index (κ3) is 2.84. The number of aromatic nitrogens is 2. The normalized spacial score (nSPS) is 12.3. The highest BCUT2D eigenvalue weighted by atomic mass is 16.3. The van der Waals surface area contributed by atoms with E-state index < -0.39 is 0 Å². The molecule has 3 N–H and O–H groups in total. The van der Waals surface area contributed by atoms with Gasteiger partial charge in [0.25, 0.3) is 5.91 Å². The fourth-order valence-corrected chi connectivity index (χ4v) is 2.20. The number of nitrogens with two attached hydrogens (primary N) is 1. The maximum Gasteiger partial charge on any atom is 0.271 e. The predicted octanol–water partition coefficient (Wildman–Crippen LogP) is 1.52. The van der Waals surface area contributed by atoms with Crippen molar-refractivity contribution in [2.45, 2.75) is 32.7 Å². The lowest BCUT2D eigenvalue weighted by atomic mass is 10.2. The standard InChI is InChI=1S/C14H20N4O2/c1-4-11-12(15)13(18(3)17-11)14(19)16-9(2)8-10-6-5-7-20-10/h5-7,9H,4,8,15H2,1-3H3,(H,16,19). The van der Waals surface area contributed by atoms with Gasteiger partial charge >= 0.3 is 0 Å². The number of amides is 1. The van der Waals surface area contributed by atoms with Crippen molar-refractivity contribution < 1.29 is 9.21 Å². The van der Waals surface area contributed by atoms with Crippen molar-refractivity contribution in [3.05, 3.63) is 35.5 Å². The van der Waals surface area contributed by atoms with E-state index in [2.05, 4.69) is 10.4 Å². The zero-order valence-corrected chi connectivity index (χ0v) is 12.0. The number of nitrogen functional groups attached to an aromatic ring is 1. The molecule has 0 saturated heterocycles. The van der Waals surface area contributed by atoms with Gasteiger partial charge in [-0.2, -0.15) is 5.10 Å². The van der Waals surface area contributed by atoms with Crippen LogP contribution in [0.25, 0.3) is 0 Å². The minimum atomic E-state index is -0.212. The lowest BCUT2D eigenvalue weighted by Crippen LogP contribution is -2.35. The molecule has 2 heterocycles. The summed E-state index contributed by atoms with van der Waals surface area (Å²) in [5.74, 6) is 0.626. The van der Waals surface area contributed by atoms with E-state index in [1.165, 1.54) is 4.68 Å². The van der Waals surface area contributed by atoms with Crippen LogP contribution in [0.15, 0.2) is 22.8 Å². The van der Waals surface area contributed by atoms with Gasteiger partial charge in [0.15, 0.2) is 0 Å². The third-order valence-electron chi connectivity index (χ3n) is 3.18. The summed E-state index contributed by atoms with van der Waals surface area (Å²) in [6, 6.07) is 3.67. The summed E-state index contributed by atoms with van der Waals surface area (Å²) in [7, 11) is 1.72. The Morgan fingerprint density at radius 2 is 2.35 bits per heavy atom. The molecule has 0 aliphatic rings. The molecule has 1 amide bonds. The molecule has 0 aromatic carbocycles. The molecule has 0 radical (unpaired) electrons. The fraction of sp³-hybridized carbons (Fsp3) is 0.429. The van der Waals surface area contributed by atoms with Gasteiger partial charge in [0.05, 0.1) is 17.6 Å². The van der Waals surface area contributed by atoms with Gasteiger partial charge in [0.2, 0.25) is 0 Å². The van der Waals surface area contributed by atoms with E-state index in [0.29, 0.717) is 24.2 Å². The molecule has 0 bridgehead atoms. The largest absolute Gasteiger partial charge is 0.469 e. The molecular formula is C14H20N4O2. The average molecular weight is 276 g/mol. The Balaban J connectivity index is 2.06. The number of carbonyl (C=O) groups excluding carboxylic acids is 1. The molecule has 2 aromatic heterocycles. The van der Waals surface area contributed by atoms with Crippen LogP contribution < -0.4 is 11.1 Å².